The number of hydrazone groups is 1. The number of phenolic OH excluding ortho intramolecular Hbond substituents is 1. The Morgan fingerprint density at radius 1 is 1.31 bits per heavy atom. The summed E-state index contributed by atoms with van der Waals surface area (Å²) < 4.78 is 0.536. The van der Waals surface area contributed by atoms with Crippen LogP contribution in [-0.2, 0) is 11.2 Å². The highest BCUT2D eigenvalue weighted by Crippen LogP contribution is 2.23. The maximum atomic E-state index is 12.0. The van der Waals surface area contributed by atoms with Gasteiger partial charge in [-0.1, -0.05) is 12.1 Å². The maximum Gasteiger partial charge on any atom is 0.270 e. The molecular weight excluding hydrogens is 400 g/mol. The topological polar surface area (TPSA) is 107 Å². The molecule has 0 saturated carbocycles. The predicted molar refractivity (Wildman–Crippen MR) is 102 cm³/mol. The largest absolute Gasteiger partial charge is 0.507 e. The molecule has 0 fully saturated rings. The lowest BCUT2D eigenvalue weighted by Crippen LogP contribution is -2.21. The number of aryl methyl sites for hydroxylation is 1. The van der Waals surface area contributed by atoms with Gasteiger partial charge in [-0.3, -0.25) is 9.59 Å². The number of para-hydroxylation sites is 2. The lowest BCUT2D eigenvalue weighted by Gasteiger charge is -2.02. The van der Waals surface area contributed by atoms with Crippen LogP contribution >= 0.6 is 15.9 Å². The van der Waals surface area contributed by atoms with Gasteiger partial charge in [-0.15, -0.1) is 0 Å². The second-order valence-corrected chi connectivity index (χ2v) is 6.39. The molecule has 0 aliphatic carbocycles. The number of nitrogens with zero attached hydrogens (tertiary/aromatic N) is 2. The average molecular weight is 415 g/mol. The van der Waals surface area contributed by atoms with E-state index in [1.807, 2.05) is 12.1 Å². The molecule has 26 heavy (non-hydrogen) atoms. The molecule has 0 atom stereocenters. The highest BCUT2D eigenvalue weighted by molar-refractivity contribution is 9.10. The smallest absolute Gasteiger partial charge is 0.270 e. The first-order chi connectivity index (χ1) is 12.5. The van der Waals surface area contributed by atoms with Crippen LogP contribution in [0.1, 0.15) is 17.7 Å². The number of rotatable bonds is 5. The van der Waals surface area contributed by atoms with Gasteiger partial charge in [0, 0.05) is 12.8 Å². The zero-order valence-electron chi connectivity index (χ0n) is 13.6. The average Bonchev–Trinajstić information content (AvgIpc) is 2.63. The number of carbonyl (C=O) groups is 1. The van der Waals surface area contributed by atoms with Gasteiger partial charge >= 0.3 is 0 Å². The van der Waals surface area contributed by atoms with Crippen LogP contribution in [0.3, 0.4) is 0 Å². The molecular formula is C18H15BrN4O3. The van der Waals surface area contributed by atoms with Crippen molar-refractivity contribution in [3.05, 3.63) is 68.5 Å². The van der Waals surface area contributed by atoms with E-state index in [2.05, 4.69) is 36.4 Å². The van der Waals surface area contributed by atoms with E-state index in [0.29, 0.717) is 26.8 Å². The molecule has 1 heterocycles. The van der Waals surface area contributed by atoms with Crippen molar-refractivity contribution < 1.29 is 9.90 Å². The summed E-state index contributed by atoms with van der Waals surface area (Å²) in [5, 5.41) is 13.3. The Labute approximate surface area is 156 Å². The van der Waals surface area contributed by atoms with Crippen LogP contribution in [0.5, 0.6) is 5.75 Å². The predicted octanol–water partition coefficient (Wildman–Crippen LogP) is 2.47. The highest BCUT2D eigenvalue weighted by atomic mass is 79.9. The second kappa shape index (κ2) is 7.92. The van der Waals surface area contributed by atoms with E-state index in [4.69, 9.17) is 0 Å². The molecule has 1 amide bonds. The number of halogens is 1. The molecule has 132 valence electrons. The van der Waals surface area contributed by atoms with Crippen LogP contribution in [0.4, 0.5) is 0 Å². The molecule has 0 bridgehead atoms. The molecule has 2 aromatic carbocycles. The molecule has 0 spiro atoms. The van der Waals surface area contributed by atoms with Crippen molar-refractivity contribution in [3.8, 4) is 5.75 Å². The minimum absolute atomic E-state index is 0.0883. The van der Waals surface area contributed by atoms with Gasteiger partial charge in [0.2, 0.25) is 5.91 Å². The van der Waals surface area contributed by atoms with Crippen LogP contribution in [0.2, 0.25) is 0 Å². The van der Waals surface area contributed by atoms with Crippen molar-refractivity contribution in [3.63, 3.8) is 0 Å². The fourth-order valence-electron chi connectivity index (χ4n) is 2.31. The van der Waals surface area contributed by atoms with E-state index in [0.717, 1.165) is 0 Å². The van der Waals surface area contributed by atoms with E-state index < -0.39 is 0 Å². The van der Waals surface area contributed by atoms with Crippen molar-refractivity contribution in [1.82, 2.24) is 15.4 Å². The minimum atomic E-state index is -0.326. The molecule has 0 aliphatic rings. The Bertz CT molecular complexity index is 1050. The number of nitrogens with one attached hydrogen (secondary N) is 2. The number of hydrogen-bond acceptors (Lipinski definition) is 5. The van der Waals surface area contributed by atoms with Gasteiger partial charge in [-0.2, -0.15) is 5.10 Å². The SMILES string of the molecule is O=C(CCc1nc2ccccc2[nH]c1=O)N/N=C\c1ccc(O)c(Br)c1. The molecule has 3 aromatic rings. The van der Waals surface area contributed by atoms with Crippen LogP contribution in [0.15, 0.2) is 56.8 Å². The summed E-state index contributed by atoms with van der Waals surface area (Å²) >= 11 is 3.20. The molecule has 7 nitrogen and oxygen atoms in total. The number of fused-ring (bicyclic) bond motifs is 1. The first-order valence-electron chi connectivity index (χ1n) is 7.81. The number of amides is 1. The lowest BCUT2D eigenvalue weighted by molar-refractivity contribution is -0.121. The summed E-state index contributed by atoms with van der Waals surface area (Å²) in [4.78, 5) is 30.9. The van der Waals surface area contributed by atoms with Crippen molar-refractivity contribution in [2.24, 2.45) is 5.10 Å². The van der Waals surface area contributed by atoms with Crippen molar-refractivity contribution in [2.75, 3.05) is 0 Å². The van der Waals surface area contributed by atoms with E-state index >= 15 is 0 Å². The van der Waals surface area contributed by atoms with Gasteiger partial charge in [-0.05, 0) is 51.8 Å². The molecule has 8 heteroatoms. The van der Waals surface area contributed by atoms with Crippen LogP contribution < -0.4 is 11.0 Å². The number of aromatic amines is 1. The van der Waals surface area contributed by atoms with Gasteiger partial charge in [0.15, 0.2) is 0 Å². The van der Waals surface area contributed by atoms with Crippen LogP contribution in [-0.4, -0.2) is 27.2 Å². The van der Waals surface area contributed by atoms with Crippen molar-refractivity contribution >= 4 is 39.1 Å². The molecule has 3 rings (SSSR count). The number of benzene rings is 2. The Kier molecular flexibility index (Phi) is 5.43. The zero-order valence-corrected chi connectivity index (χ0v) is 15.2. The number of aromatic nitrogens is 2. The number of aromatic hydroxyl groups is 1. The summed E-state index contributed by atoms with van der Waals surface area (Å²) in [5.41, 5.74) is 4.47. The lowest BCUT2D eigenvalue weighted by atomic mass is 10.2. The third-order valence-electron chi connectivity index (χ3n) is 3.63. The molecule has 0 unspecified atom stereocenters. The van der Waals surface area contributed by atoms with E-state index in [1.54, 1.807) is 24.3 Å². The summed E-state index contributed by atoms with van der Waals surface area (Å²) in [6, 6.07) is 12.1. The molecule has 0 aliphatic heterocycles. The normalized spacial score (nSPS) is 11.1. The fraction of sp³-hybridized carbons (Fsp3) is 0.111. The van der Waals surface area contributed by atoms with Crippen molar-refractivity contribution in [1.29, 1.82) is 0 Å². The fourth-order valence-corrected chi connectivity index (χ4v) is 2.70. The zero-order chi connectivity index (χ0) is 18.5. The second-order valence-electron chi connectivity index (χ2n) is 5.53. The monoisotopic (exact) mass is 414 g/mol. The summed E-state index contributed by atoms with van der Waals surface area (Å²) in [5.74, 6) is -0.201. The summed E-state index contributed by atoms with van der Waals surface area (Å²) in [6.45, 7) is 0. The number of carbonyl (C=O) groups excluding carboxylic acids is 1. The van der Waals surface area contributed by atoms with Gasteiger partial charge in [0.1, 0.15) is 11.4 Å². The van der Waals surface area contributed by atoms with Crippen molar-refractivity contribution in [2.45, 2.75) is 12.8 Å². The summed E-state index contributed by atoms with van der Waals surface area (Å²) in [6.07, 6.45) is 1.76. The third-order valence-corrected chi connectivity index (χ3v) is 4.27. The number of phenols is 1. The molecule has 1 aromatic heterocycles. The standard InChI is InChI=1S/C18H15BrN4O3/c19-12-9-11(5-7-16(12)24)10-20-23-17(25)8-6-15-18(26)22-14-4-2-1-3-13(14)21-15/h1-5,7,9-10,24H,6,8H2,(H,22,26)(H,23,25)/b20-10-. The number of H-pyrrole nitrogens is 1. The minimum Gasteiger partial charge on any atom is -0.507 e. The maximum absolute atomic E-state index is 12.0. The number of hydrogen-bond donors (Lipinski definition) is 3. The highest BCUT2D eigenvalue weighted by Gasteiger charge is 2.07. The quantitative estimate of drug-likeness (QED) is 0.440. The first kappa shape index (κ1) is 17.8. The van der Waals surface area contributed by atoms with Gasteiger partial charge in [0.05, 0.1) is 21.7 Å². The Balaban J connectivity index is 1.58. The molecule has 0 saturated heterocycles. The van der Waals surface area contributed by atoms with Gasteiger partial charge in [0.25, 0.3) is 5.56 Å². The van der Waals surface area contributed by atoms with Gasteiger partial charge < -0.3 is 10.1 Å². The first-order valence-corrected chi connectivity index (χ1v) is 8.60. The summed E-state index contributed by atoms with van der Waals surface area (Å²) in [7, 11) is 0. The Morgan fingerprint density at radius 3 is 2.92 bits per heavy atom. The Hall–Kier alpha value is -3.00. The van der Waals surface area contributed by atoms with Crippen LogP contribution in [0, 0.1) is 0 Å². The Morgan fingerprint density at radius 2 is 2.12 bits per heavy atom. The van der Waals surface area contributed by atoms with Gasteiger partial charge in [-0.25, -0.2) is 10.4 Å². The van der Waals surface area contributed by atoms with Crippen LogP contribution in [0.25, 0.3) is 11.0 Å². The van der Waals surface area contributed by atoms with E-state index in [9.17, 15) is 14.7 Å². The third kappa shape index (κ3) is 4.34. The van der Waals surface area contributed by atoms with E-state index in [1.165, 1.54) is 12.3 Å². The molecule has 3 N–H and O–H groups in total. The van der Waals surface area contributed by atoms with E-state index in [-0.39, 0.29) is 30.1 Å². The molecule has 0 radical (unpaired) electrons.